The minimum absolute atomic E-state index is 0.0487. The molecule has 0 bridgehead atoms. The average Bonchev–Trinajstić information content (AvgIpc) is 3.16. The van der Waals surface area contributed by atoms with Gasteiger partial charge in [-0.25, -0.2) is 0 Å². The van der Waals surface area contributed by atoms with E-state index in [9.17, 15) is 13.8 Å². The van der Waals surface area contributed by atoms with Crippen molar-refractivity contribution in [3.63, 3.8) is 0 Å². The molecule has 1 atom stereocenters. The summed E-state index contributed by atoms with van der Waals surface area (Å²) in [5.41, 5.74) is 2.06. The Morgan fingerprint density at radius 1 is 1.00 bits per heavy atom. The second-order valence-electron chi connectivity index (χ2n) is 11.2. The molecule has 1 aromatic rings. The summed E-state index contributed by atoms with van der Waals surface area (Å²) in [5, 5.41) is 0. The number of hydrogen-bond acceptors (Lipinski definition) is 6. The molecule has 0 heterocycles. The van der Waals surface area contributed by atoms with E-state index < -0.39 is 10.8 Å². The molecule has 0 N–H and O–H groups in total. The van der Waals surface area contributed by atoms with E-state index >= 15 is 0 Å². The van der Waals surface area contributed by atoms with E-state index in [4.69, 9.17) is 9.47 Å². The number of hydrogen-bond donors (Lipinski definition) is 0. The van der Waals surface area contributed by atoms with Crippen molar-refractivity contribution in [2.45, 2.75) is 66.4 Å². The minimum Gasteiger partial charge on any atom is -0.461 e. The Morgan fingerprint density at radius 2 is 1.74 bits per heavy atom. The number of ether oxygens (including phenoxy) is 2. The van der Waals surface area contributed by atoms with Crippen LogP contribution in [0.3, 0.4) is 0 Å². The lowest BCUT2D eigenvalue weighted by atomic mass is 9.86. The fourth-order valence-corrected chi connectivity index (χ4v) is 6.69. The van der Waals surface area contributed by atoms with Crippen LogP contribution in [0.2, 0.25) is 0 Å². The smallest absolute Gasteiger partial charge is 0.306 e. The van der Waals surface area contributed by atoms with Gasteiger partial charge in [0.2, 0.25) is 0 Å². The highest BCUT2D eigenvalue weighted by atomic mass is 32.2. The topological polar surface area (TPSA) is 69.7 Å². The van der Waals surface area contributed by atoms with Crippen LogP contribution in [0.25, 0.3) is 0 Å². The number of aldehydes is 1. The molecule has 7 heteroatoms. The van der Waals surface area contributed by atoms with Gasteiger partial charge in [0.05, 0.1) is 13.0 Å². The SMILES string of the molecule is CC(C)(CC=O)CCSCCS(=O)CCC(C)(C)CC(=O)OCc1ccccc1.COCC1=CCC=CC=C1. The first-order valence-corrected chi connectivity index (χ1v) is 16.3. The quantitative estimate of drug-likeness (QED) is 0.112. The molecular weight excluding hydrogens is 528 g/mol. The van der Waals surface area contributed by atoms with Crippen LogP contribution in [-0.2, 0) is 36.5 Å². The molecule has 1 aromatic carbocycles. The molecular formula is C32H48O5S2. The zero-order chi connectivity index (χ0) is 29.0. The Labute approximate surface area is 243 Å². The molecule has 0 radical (unpaired) electrons. The molecule has 0 aliphatic heterocycles. The Morgan fingerprint density at radius 3 is 2.44 bits per heavy atom. The van der Waals surface area contributed by atoms with Crippen molar-refractivity contribution in [2.75, 3.05) is 36.7 Å². The van der Waals surface area contributed by atoms with Crippen molar-refractivity contribution in [3.05, 3.63) is 71.8 Å². The largest absolute Gasteiger partial charge is 0.461 e. The summed E-state index contributed by atoms with van der Waals surface area (Å²) in [6.07, 6.45) is 15.1. The molecule has 218 valence electrons. The summed E-state index contributed by atoms with van der Waals surface area (Å²) in [5.74, 6) is 2.92. The summed E-state index contributed by atoms with van der Waals surface area (Å²) in [6.45, 7) is 9.27. The van der Waals surface area contributed by atoms with Gasteiger partial charge < -0.3 is 14.3 Å². The van der Waals surface area contributed by atoms with Crippen LogP contribution >= 0.6 is 11.8 Å². The molecule has 1 aliphatic carbocycles. The van der Waals surface area contributed by atoms with Crippen LogP contribution in [0.5, 0.6) is 0 Å². The predicted octanol–water partition coefficient (Wildman–Crippen LogP) is 7.10. The third-order valence-electron chi connectivity index (χ3n) is 6.27. The van der Waals surface area contributed by atoms with Gasteiger partial charge in [0.15, 0.2) is 0 Å². The minimum atomic E-state index is -0.872. The van der Waals surface area contributed by atoms with Gasteiger partial charge in [-0.3, -0.25) is 9.00 Å². The fourth-order valence-electron chi connectivity index (χ4n) is 3.59. The van der Waals surface area contributed by atoms with E-state index in [-0.39, 0.29) is 16.8 Å². The van der Waals surface area contributed by atoms with Gasteiger partial charge in [-0.05, 0) is 47.0 Å². The molecule has 0 spiro atoms. The monoisotopic (exact) mass is 576 g/mol. The number of thioether (sulfide) groups is 1. The predicted molar refractivity (Wildman–Crippen MR) is 166 cm³/mol. The van der Waals surface area contributed by atoms with Crippen molar-refractivity contribution in [2.24, 2.45) is 10.8 Å². The Hall–Kier alpha value is -1.96. The third kappa shape index (κ3) is 18.9. The van der Waals surface area contributed by atoms with Crippen molar-refractivity contribution >= 4 is 34.8 Å². The molecule has 1 unspecified atom stereocenters. The molecule has 1 aliphatic rings. The number of rotatable bonds is 17. The zero-order valence-corrected chi connectivity index (χ0v) is 26.1. The second-order valence-corrected chi connectivity index (χ2v) is 14.1. The lowest BCUT2D eigenvalue weighted by Gasteiger charge is -2.23. The van der Waals surface area contributed by atoms with Crippen molar-refractivity contribution < 1.29 is 23.3 Å². The fraction of sp³-hybridized carbons (Fsp3) is 0.562. The molecule has 2 rings (SSSR count). The Balaban J connectivity index is 0.000000633. The van der Waals surface area contributed by atoms with Crippen LogP contribution in [-0.4, -0.2) is 53.2 Å². The highest BCUT2D eigenvalue weighted by molar-refractivity contribution is 8.00. The number of methoxy groups -OCH3 is 1. The van der Waals surface area contributed by atoms with Gasteiger partial charge in [-0.15, -0.1) is 0 Å². The molecule has 0 amide bonds. The summed E-state index contributed by atoms with van der Waals surface area (Å²) >= 11 is 1.80. The highest BCUT2D eigenvalue weighted by Crippen LogP contribution is 2.27. The summed E-state index contributed by atoms with van der Waals surface area (Å²) in [4.78, 5) is 22.8. The lowest BCUT2D eigenvalue weighted by molar-refractivity contribution is -0.147. The lowest BCUT2D eigenvalue weighted by Crippen LogP contribution is -2.22. The Kier molecular flexibility index (Phi) is 18.0. The first kappa shape index (κ1) is 35.1. The number of carbonyl (C=O) groups is 2. The maximum atomic E-state index is 12.3. The van der Waals surface area contributed by atoms with Gasteiger partial charge in [0.25, 0.3) is 0 Å². The van der Waals surface area contributed by atoms with Crippen molar-refractivity contribution in [1.82, 2.24) is 0 Å². The van der Waals surface area contributed by atoms with E-state index in [1.54, 1.807) is 18.9 Å². The second kappa shape index (κ2) is 20.0. The van der Waals surface area contributed by atoms with Crippen LogP contribution in [0.4, 0.5) is 0 Å². The maximum Gasteiger partial charge on any atom is 0.306 e. The van der Waals surface area contributed by atoms with Crippen molar-refractivity contribution in [1.29, 1.82) is 0 Å². The van der Waals surface area contributed by atoms with Crippen LogP contribution in [0.1, 0.15) is 65.4 Å². The summed E-state index contributed by atoms with van der Waals surface area (Å²) in [6, 6.07) is 9.65. The van der Waals surface area contributed by atoms with Gasteiger partial charge in [-0.1, -0.05) is 88.4 Å². The molecule has 0 fully saturated rings. The number of benzene rings is 1. The first-order chi connectivity index (χ1) is 18.6. The molecule has 0 aromatic heterocycles. The normalized spacial score (nSPS) is 14.0. The van der Waals surface area contributed by atoms with Gasteiger partial charge in [0, 0.05) is 41.6 Å². The van der Waals surface area contributed by atoms with E-state index in [1.807, 2.05) is 50.3 Å². The van der Waals surface area contributed by atoms with E-state index in [0.29, 0.717) is 31.0 Å². The molecule has 5 nitrogen and oxygen atoms in total. The van der Waals surface area contributed by atoms with Gasteiger partial charge in [0.1, 0.15) is 12.9 Å². The summed E-state index contributed by atoms with van der Waals surface area (Å²) < 4.78 is 22.6. The molecule has 39 heavy (non-hydrogen) atoms. The van der Waals surface area contributed by atoms with E-state index in [0.717, 1.165) is 49.2 Å². The Bertz CT molecular complexity index is 949. The van der Waals surface area contributed by atoms with Crippen LogP contribution in [0.15, 0.2) is 66.3 Å². The van der Waals surface area contributed by atoms with Gasteiger partial charge >= 0.3 is 5.97 Å². The van der Waals surface area contributed by atoms with Crippen LogP contribution < -0.4 is 0 Å². The highest BCUT2D eigenvalue weighted by Gasteiger charge is 2.24. The number of carbonyl (C=O) groups excluding carboxylic acids is 2. The van der Waals surface area contributed by atoms with Gasteiger partial charge in [-0.2, -0.15) is 11.8 Å². The number of esters is 1. The van der Waals surface area contributed by atoms with E-state index in [1.165, 1.54) is 5.57 Å². The standard InChI is InChI=1S/C23H36O4S2.C9H12O/c1-22(2,10-13-24)11-14-28-15-17-29(26)16-12-23(3,4)18-21(25)27-19-20-8-6-5-7-9-20;1-10-8-9-6-4-2-3-5-7-9/h5-9,13H,10-12,14-19H2,1-4H3;2-4,6-7H,5,8H2,1H3. The maximum absolute atomic E-state index is 12.3. The zero-order valence-electron chi connectivity index (χ0n) is 24.5. The third-order valence-corrected chi connectivity index (χ3v) is 8.83. The molecule has 0 saturated heterocycles. The van der Waals surface area contributed by atoms with Crippen LogP contribution in [0, 0.1) is 10.8 Å². The first-order valence-electron chi connectivity index (χ1n) is 13.6. The number of allylic oxidation sites excluding steroid dienone is 4. The summed E-state index contributed by atoms with van der Waals surface area (Å²) in [7, 11) is 0.843. The van der Waals surface area contributed by atoms with E-state index in [2.05, 4.69) is 38.2 Å². The average molecular weight is 577 g/mol. The van der Waals surface area contributed by atoms with Crippen molar-refractivity contribution in [3.8, 4) is 0 Å². The molecule has 0 saturated carbocycles.